The van der Waals surface area contributed by atoms with Gasteiger partial charge in [-0.15, -0.1) is 0 Å². The first-order valence-corrected chi connectivity index (χ1v) is 7.48. The van der Waals surface area contributed by atoms with Crippen molar-refractivity contribution < 1.29 is 9.59 Å². The van der Waals surface area contributed by atoms with Gasteiger partial charge in [-0.2, -0.15) is 0 Å². The molecule has 2 aliphatic rings. The van der Waals surface area contributed by atoms with E-state index in [1.54, 1.807) is 0 Å². The highest BCUT2D eigenvalue weighted by Gasteiger charge is 2.53. The van der Waals surface area contributed by atoms with Crippen molar-refractivity contribution in [1.29, 1.82) is 0 Å². The van der Waals surface area contributed by atoms with E-state index in [1.807, 2.05) is 6.92 Å². The highest BCUT2D eigenvalue weighted by molar-refractivity contribution is 6.07. The third kappa shape index (κ3) is 2.67. The molecular formula is C14H26N4O2. The van der Waals surface area contributed by atoms with Gasteiger partial charge in [0.1, 0.15) is 5.54 Å². The first kappa shape index (κ1) is 15.3. The largest absolute Gasteiger partial charge is 0.328 e. The van der Waals surface area contributed by atoms with Crippen molar-refractivity contribution in [3.8, 4) is 0 Å². The number of nitrogens with two attached hydrogens (primary N) is 1. The van der Waals surface area contributed by atoms with E-state index in [0.29, 0.717) is 25.3 Å². The zero-order valence-electron chi connectivity index (χ0n) is 12.7. The fourth-order valence-electron chi connectivity index (χ4n) is 3.12. The Kier molecular flexibility index (Phi) is 4.34. The molecule has 3 N–H and O–H groups in total. The van der Waals surface area contributed by atoms with Crippen LogP contribution in [0.3, 0.4) is 0 Å². The van der Waals surface area contributed by atoms with Crippen molar-refractivity contribution in [3.63, 3.8) is 0 Å². The number of nitrogens with zero attached hydrogens (tertiary/aromatic N) is 2. The molecule has 0 aliphatic carbocycles. The summed E-state index contributed by atoms with van der Waals surface area (Å²) in [5.74, 6) is 0.524. The maximum Gasteiger partial charge on any atom is 0.325 e. The van der Waals surface area contributed by atoms with Crippen molar-refractivity contribution in [2.75, 3.05) is 26.2 Å². The highest BCUT2D eigenvalue weighted by Crippen LogP contribution is 2.30. The summed E-state index contributed by atoms with van der Waals surface area (Å²) in [6.07, 6.45) is 1.39. The maximum absolute atomic E-state index is 12.6. The maximum atomic E-state index is 12.6. The second-order valence-electron chi connectivity index (χ2n) is 6.47. The Morgan fingerprint density at radius 2 is 1.85 bits per heavy atom. The van der Waals surface area contributed by atoms with Crippen LogP contribution in [-0.4, -0.2) is 59.5 Å². The summed E-state index contributed by atoms with van der Waals surface area (Å²) < 4.78 is 0. The second kappa shape index (κ2) is 5.69. The summed E-state index contributed by atoms with van der Waals surface area (Å²) in [6, 6.07) is -0.527. The van der Waals surface area contributed by atoms with Gasteiger partial charge in [0.15, 0.2) is 0 Å². The van der Waals surface area contributed by atoms with Crippen LogP contribution in [0.2, 0.25) is 0 Å². The number of amides is 3. The standard InChI is InChI=1S/C14H26N4O2/c1-10(2)9-17-6-4-14(5-7-17)12(19)18(11(3)8-15)13(20)16-14/h10-11H,4-9,15H2,1-3H3,(H,16,20). The molecule has 2 heterocycles. The molecule has 0 aromatic carbocycles. The van der Waals surface area contributed by atoms with Crippen molar-refractivity contribution in [3.05, 3.63) is 0 Å². The van der Waals surface area contributed by atoms with Crippen LogP contribution in [-0.2, 0) is 4.79 Å². The summed E-state index contributed by atoms with van der Waals surface area (Å²) in [5, 5.41) is 2.91. The second-order valence-corrected chi connectivity index (χ2v) is 6.47. The minimum Gasteiger partial charge on any atom is -0.328 e. The van der Waals surface area contributed by atoms with E-state index < -0.39 is 5.54 Å². The molecule has 3 amide bonds. The Morgan fingerprint density at radius 1 is 1.25 bits per heavy atom. The lowest BCUT2D eigenvalue weighted by molar-refractivity contribution is -0.134. The smallest absolute Gasteiger partial charge is 0.325 e. The summed E-state index contributed by atoms with van der Waals surface area (Å²) in [4.78, 5) is 28.3. The number of imide groups is 1. The van der Waals surface area contributed by atoms with E-state index in [1.165, 1.54) is 4.90 Å². The van der Waals surface area contributed by atoms with Crippen LogP contribution in [0.25, 0.3) is 0 Å². The summed E-state index contributed by atoms with van der Waals surface area (Å²) in [6.45, 7) is 9.25. The number of piperidine rings is 1. The summed E-state index contributed by atoms with van der Waals surface area (Å²) >= 11 is 0. The Hall–Kier alpha value is -1.14. The van der Waals surface area contributed by atoms with Gasteiger partial charge in [-0.05, 0) is 25.7 Å². The fraction of sp³-hybridized carbons (Fsp3) is 0.857. The molecule has 0 bridgehead atoms. The number of nitrogens with one attached hydrogen (secondary N) is 1. The molecule has 114 valence electrons. The Bertz CT molecular complexity index is 389. The van der Waals surface area contributed by atoms with E-state index in [2.05, 4.69) is 24.1 Å². The van der Waals surface area contributed by atoms with Gasteiger partial charge in [0.25, 0.3) is 5.91 Å². The van der Waals surface area contributed by atoms with Crippen LogP contribution in [0.1, 0.15) is 33.6 Å². The summed E-state index contributed by atoms with van der Waals surface area (Å²) in [5.41, 5.74) is 4.90. The molecule has 2 rings (SSSR count). The van der Waals surface area contributed by atoms with Gasteiger partial charge in [-0.3, -0.25) is 9.69 Å². The van der Waals surface area contributed by atoms with E-state index >= 15 is 0 Å². The molecular weight excluding hydrogens is 256 g/mol. The summed E-state index contributed by atoms with van der Waals surface area (Å²) in [7, 11) is 0. The number of urea groups is 1. The normalized spacial score (nSPS) is 24.6. The monoisotopic (exact) mass is 282 g/mol. The minimum absolute atomic E-state index is 0.0929. The zero-order chi connectivity index (χ0) is 14.9. The van der Waals surface area contributed by atoms with Crippen LogP contribution in [0, 0.1) is 5.92 Å². The molecule has 0 saturated carbocycles. The molecule has 0 radical (unpaired) electrons. The van der Waals surface area contributed by atoms with Crippen LogP contribution < -0.4 is 11.1 Å². The van der Waals surface area contributed by atoms with Gasteiger partial charge in [0.2, 0.25) is 0 Å². The fourth-order valence-corrected chi connectivity index (χ4v) is 3.12. The molecule has 1 unspecified atom stereocenters. The lowest BCUT2D eigenvalue weighted by Gasteiger charge is -2.38. The van der Waals surface area contributed by atoms with Crippen molar-refractivity contribution in [1.82, 2.24) is 15.1 Å². The first-order valence-electron chi connectivity index (χ1n) is 7.48. The van der Waals surface area contributed by atoms with Gasteiger partial charge in [0, 0.05) is 26.2 Å². The minimum atomic E-state index is -0.687. The van der Waals surface area contributed by atoms with E-state index in [9.17, 15) is 9.59 Å². The zero-order valence-corrected chi connectivity index (χ0v) is 12.7. The number of rotatable bonds is 4. The number of carbonyl (C=O) groups excluding carboxylic acids is 2. The quantitative estimate of drug-likeness (QED) is 0.731. The van der Waals surface area contributed by atoms with Gasteiger partial charge in [-0.25, -0.2) is 4.79 Å². The van der Waals surface area contributed by atoms with Gasteiger partial charge in [-0.1, -0.05) is 13.8 Å². The third-order valence-electron chi connectivity index (χ3n) is 4.31. The van der Waals surface area contributed by atoms with E-state index in [0.717, 1.165) is 19.6 Å². The van der Waals surface area contributed by atoms with Gasteiger partial charge >= 0.3 is 6.03 Å². The molecule has 1 spiro atoms. The molecule has 20 heavy (non-hydrogen) atoms. The predicted octanol–water partition coefficient (Wildman–Crippen LogP) is 0.376. The molecule has 6 heteroatoms. The SMILES string of the molecule is CC(C)CN1CCC2(CC1)NC(=O)N(C(C)CN)C2=O. The molecule has 2 saturated heterocycles. The van der Waals surface area contributed by atoms with E-state index in [4.69, 9.17) is 5.73 Å². The average Bonchev–Trinajstić information content (AvgIpc) is 2.63. The number of hydrogen-bond acceptors (Lipinski definition) is 4. The van der Waals surface area contributed by atoms with Crippen LogP contribution >= 0.6 is 0 Å². The molecule has 0 aromatic rings. The average molecular weight is 282 g/mol. The molecule has 0 aromatic heterocycles. The third-order valence-corrected chi connectivity index (χ3v) is 4.31. The van der Waals surface area contributed by atoms with Gasteiger partial charge < -0.3 is 16.0 Å². The van der Waals surface area contributed by atoms with E-state index in [-0.39, 0.29) is 18.0 Å². The lowest BCUT2D eigenvalue weighted by atomic mass is 9.87. The number of hydrogen-bond donors (Lipinski definition) is 2. The van der Waals surface area contributed by atoms with Crippen LogP contribution in [0.15, 0.2) is 0 Å². The van der Waals surface area contributed by atoms with Crippen LogP contribution in [0.5, 0.6) is 0 Å². The van der Waals surface area contributed by atoms with Gasteiger partial charge in [0.05, 0.1) is 6.04 Å². The van der Waals surface area contributed by atoms with Crippen LogP contribution in [0.4, 0.5) is 4.79 Å². The molecule has 1 atom stereocenters. The van der Waals surface area contributed by atoms with Crippen molar-refractivity contribution in [2.24, 2.45) is 11.7 Å². The molecule has 2 aliphatic heterocycles. The lowest BCUT2D eigenvalue weighted by Crippen LogP contribution is -2.55. The molecule has 6 nitrogen and oxygen atoms in total. The molecule has 2 fully saturated rings. The number of carbonyl (C=O) groups is 2. The topological polar surface area (TPSA) is 78.7 Å². The predicted molar refractivity (Wildman–Crippen MR) is 77.1 cm³/mol. The first-order chi connectivity index (χ1) is 9.39. The van der Waals surface area contributed by atoms with Crippen molar-refractivity contribution >= 4 is 11.9 Å². The number of likely N-dealkylation sites (tertiary alicyclic amines) is 1. The Balaban J connectivity index is 2.04. The Labute approximate surface area is 120 Å². The van der Waals surface area contributed by atoms with Crippen molar-refractivity contribution in [2.45, 2.75) is 45.2 Å². The highest BCUT2D eigenvalue weighted by atomic mass is 16.2. The Morgan fingerprint density at radius 3 is 2.35 bits per heavy atom.